The summed E-state index contributed by atoms with van der Waals surface area (Å²) in [5.74, 6) is 0.0138. The Kier molecular flexibility index (Phi) is 5.25. The Labute approximate surface area is 118 Å². The minimum Gasteiger partial charge on any atom is -0.396 e. The third-order valence-corrected chi connectivity index (χ3v) is 3.82. The molecule has 2 aromatic rings. The summed E-state index contributed by atoms with van der Waals surface area (Å²) in [5, 5.41) is 22.9. The smallest absolute Gasteiger partial charge is 0.319 e. The summed E-state index contributed by atoms with van der Waals surface area (Å²) >= 11 is 2.74. The van der Waals surface area contributed by atoms with E-state index in [1.165, 1.54) is 11.8 Å². The van der Waals surface area contributed by atoms with E-state index in [9.17, 15) is 9.90 Å². The standard InChI is InChI=1S/C11H14N4O2S2/c16-6-9(3-8-1-2-18-7-8)4-12-11(17)14-10-5-13-15-19-10/h1-2,5,7,9,16H,3-4,6H2,(H2,12,14,17). The lowest BCUT2D eigenvalue weighted by Crippen LogP contribution is -2.34. The second-order valence-corrected chi connectivity index (χ2v) is 5.57. The number of urea groups is 1. The second kappa shape index (κ2) is 7.17. The fourth-order valence-corrected chi connectivity index (χ4v) is 2.66. The van der Waals surface area contributed by atoms with Gasteiger partial charge in [0.25, 0.3) is 0 Å². The summed E-state index contributed by atoms with van der Waals surface area (Å²) in [7, 11) is 0. The maximum Gasteiger partial charge on any atom is 0.319 e. The van der Waals surface area contributed by atoms with Gasteiger partial charge in [-0.2, -0.15) is 11.3 Å². The van der Waals surface area contributed by atoms with Crippen molar-refractivity contribution in [3.63, 3.8) is 0 Å². The normalized spacial score (nSPS) is 12.1. The van der Waals surface area contributed by atoms with Gasteiger partial charge < -0.3 is 10.4 Å². The fourth-order valence-electron chi connectivity index (χ4n) is 1.56. The van der Waals surface area contributed by atoms with Crippen molar-refractivity contribution in [1.29, 1.82) is 0 Å². The Bertz CT molecular complexity index is 487. The number of hydrogen-bond donors (Lipinski definition) is 3. The molecule has 1 atom stereocenters. The highest BCUT2D eigenvalue weighted by atomic mass is 32.1. The summed E-state index contributed by atoms with van der Waals surface area (Å²) in [5.41, 5.74) is 1.18. The van der Waals surface area contributed by atoms with E-state index < -0.39 is 0 Å². The molecule has 8 heteroatoms. The lowest BCUT2D eigenvalue weighted by Gasteiger charge is -2.14. The SMILES string of the molecule is O=C(NCC(CO)Cc1ccsc1)Nc1cnns1. The van der Waals surface area contributed by atoms with Gasteiger partial charge in [0, 0.05) is 30.6 Å². The van der Waals surface area contributed by atoms with E-state index in [1.54, 1.807) is 11.3 Å². The third kappa shape index (κ3) is 4.58. The number of aliphatic hydroxyl groups excluding tert-OH is 1. The predicted molar refractivity (Wildman–Crippen MR) is 75.5 cm³/mol. The van der Waals surface area contributed by atoms with Crippen molar-refractivity contribution in [2.24, 2.45) is 5.92 Å². The number of aromatic nitrogens is 2. The molecule has 0 saturated carbocycles. The lowest BCUT2D eigenvalue weighted by molar-refractivity contribution is 0.218. The van der Waals surface area contributed by atoms with Gasteiger partial charge in [0.15, 0.2) is 0 Å². The van der Waals surface area contributed by atoms with Crippen LogP contribution in [0.4, 0.5) is 9.80 Å². The van der Waals surface area contributed by atoms with Gasteiger partial charge in [0.05, 0.1) is 6.20 Å². The first-order valence-electron chi connectivity index (χ1n) is 5.72. The van der Waals surface area contributed by atoms with Crippen LogP contribution in [-0.4, -0.2) is 33.9 Å². The van der Waals surface area contributed by atoms with E-state index in [4.69, 9.17) is 0 Å². The number of nitrogens with zero attached hydrogens (tertiary/aromatic N) is 2. The molecule has 2 heterocycles. The molecule has 0 aliphatic carbocycles. The van der Waals surface area contributed by atoms with Crippen molar-refractivity contribution in [2.45, 2.75) is 6.42 Å². The fraction of sp³-hybridized carbons (Fsp3) is 0.364. The molecular weight excluding hydrogens is 284 g/mol. The van der Waals surface area contributed by atoms with E-state index in [2.05, 4.69) is 20.2 Å². The number of amides is 2. The largest absolute Gasteiger partial charge is 0.396 e. The van der Waals surface area contributed by atoms with Gasteiger partial charge in [0.2, 0.25) is 0 Å². The van der Waals surface area contributed by atoms with E-state index in [0.29, 0.717) is 11.5 Å². The van der Waals surface area contributed by atoms with Crippen molar-refractivity contribution in [3.05, 3.63) is 28.6 Å². The zero-order valence-electron chi connectivity index (χ0n) is 10.1. The Morgan fingerprint density at radius 1 is 1.53 bits per heavy atom. The highest BCUT2D eigenvalue weighted by molar-refractivity contribution is 7.10. The van der Waals surface area contributed by atoms with E-state index >= 15 is 0 Å². The van der Waals surface area contributed by atoms with Gasteiger partial charge in [-0.3, -0.25) is 5.32 Å². The molecule has 0 radical (unpaired) electrons. The molecule has 0 aliphatic heterocycles. The Hall–Kier alpha value is -1.51. The second-order valence-electron chi connectivity index (χ2n) is 4.00. The molecule has 0 aromatic carbocycles. The summed E-state index contributed by atoms with van der Waals surface area (Å²) < 4.78 is 3.65. The Morgan fingerprint density at radius 2 is 2.42 bits per heavy atom. The van der Waals surface area contributed by atoms with Crippen LogP contribution in [0.3, 0.4) is 0 Å². The molecule has 3 N–H and O–H groups in total. The van der Waals surface area contributed by atoms with Gasteiger partial charge in [-0.05, 0) is 28.8 Å². The van der Waals surface area contributed by atoms with Crippen LogP contribution in [-0.2, 0) is 6.42 Å². The average molecular weight is 298 g/mol. The molecule has 0 aliphatic rings. The topological polar surface area (TPSA) is 87.1 Å². The molecule has 0 fully saturated rings. The highest BCUT2D eigenvalue weighted by Gasteiger charge is 2.11. The van der Waals surface area contributed by atoms with Gasteiger partial charge >= 0.3 is 6.03 Å². The molecule has 19 heavy (non-hydrogen) atoms. The molecule has 102 valence electrons. The minimum atomic E-state index is -0.310. The zero-order valence-corrected chi connectivity index (χ0v) is 11.7. The minimum absolute atomic E-state index is 0.0138. The first kappa shape index (κ1) is 13.9. The van der Waals surface area contributed by atoms with Crippen molar-refractivity contribution in [3.8, 4) is 0 Å². The lowest BCUT2D eigenvalue weighted by atomic mass is 10.0. The number of anilines is 1. The number of carbonyl (C=O) groups is 1. The molecule has 1 unspecified atom stereocenters. The summed E-state index contributed by atoms with van der Waals surface area (Å²) in [4.78, 5) is 11.6. The molecule has 2 aromatic heterocycles. The number of hydrogen-bond acceptors (Lipinski definition) is 6. The molecule has 2 rings (SSSR count). The van der Waals surface area contributed by atoms with Crippen molar-refractivity contribution < 1.29 is 9.90 Å². The van der Waals surface area contributed by atoms with Crippen LogP contribution < -0.4 is 10.6 Å². The Morgan fingerprint density at radius 3 is 3.05 bits per heavy atom. The monoisotopic (exact) mass is 298 g/mol. The number of rotatable bonds is 6. The Balaban J connectivity index is 1.74. The summed E-state index contributed by atoms with van der Waals surface area (Å²) in [6.07, 6.45) is 2.24. The third-order valence-electron chi connectivity index (χ3n) is 2.51. The van der Waals surface area contributed by atoms with Crippen molar-refractivity contribution in [2.75, 3.05) is 18.5 Å². The first-order valence-corrected chi connectivity index (χ1v) is 7.43. The predicted octanol–water partition coefficient (Wildman–Crippen LogP) is 1.57. The molecule has 0 bridgehead atoms. The maximum absolute atomic E-state index is 11.6. The van der Waals surface area contributed by atoms with E-state index in [0.717, 1.165) is 18.0 Å². The highest BCUT2D eigenvalue weighted by Crippen LogP contribution is 2.12. The molecular formula is C11H14N4O2S2. The van der Waals surface area contributed by atoms with Gasteiger partial charge in [-0.15, -0.1) is 5.10 Å². The van der Waals surface area contributed by atoms with Crippen LogP contribution in [0.25, 0.3) is 0 Å². The first-order chi connectivity index (χ1) is 9.28. The van der Waals surface area contributed by atoms with Gasteiger partial charge in [-0.25, -0.2) is 4.79 Å². The van der Waals surface area contributed by atoms with Crippen LogP contribution in [0.1, 0.15) is 5.56 Å². The van der Waals surface area contributed by atoms with E-state index in [-0.39, 0.29) is 18.6 Å². The molecule has 6 nitrogen and oxygen atoms in total. The number of thiophene rings is 1. The quantitative estimate of drug-likeness (QED) is 0.755. The number of nitrogens with one attached hydrogen (secondary N) is 2. The van der Waals surface area contributed by atoms with Crippen LogP contribution in [0, 0.1) is 5.92 Å². The summed E-state index contributed by atoms with van der Waals surface area (Å²) in [6, 6.07) is 1.71. The number of aliphatic hydroxyl groups is 1. The van der Waals surface area contributed by atoms with Crippen LogP contribution in [0.15, 0.2) is 23.0 Å². The zero-order chi connectivity index (χ0) is 13.5. The van der Waals surface area contributed by atoms with Gasteiger partial charge in [0.1, 0.15) is 5.00 Å². The maximum atomic E-state index is 11.6. The van der Waals surface area contributed by atoms with Crippen LogP contribution in [0.5, 0.6) is 0 Å². The number of carbonyl (C=O) groups excluding carboxylic acids is 1. The van der Waals surface area contributed by atoms with Crippen molar-refractivity contribution >= 4 is 33.9 Å². The summed E-state index contributed by atoms with van der Waals surface area (Å²) in [6.45, 7) is 0.461. The van der Waals surface area contributed by atoms with Crippen LogP contribution >= 0.6 is 22.9 Å². The van der Waals surface area contributed by atoms with Crippen molar-refractivity contribution in [1.82, 2.24) is 14.9 Å². The molecule has 2 amide bonds. The molecule has 0 saturated heterocycles. The van der Waals surface area contributed by atoms with Gasteiger partial charge in [-0.1, -0.05) is 4.49 Å². The van der Waals surface area contributed by atoms with Crippen LogP contribution in [0.2, 0.25) is 0 Å². The van der Waals surface area contributed by atoms with E-state index in [1.807, 2.05) is 16.8 Å². The average Bonchev–Trinajstić information content (AvgIpc) is 3.07. The molecule has 0 spiro atoms.